The molecular formula is C12H20N2O6. The zero-order valence-corrected chi connectivity index (χ0v) is 11.5. The van der Waals surface area contributed by atoms with E-state index in [4.69, 9.17) is 14.6 Å². The number of carboxylic acids is 1. The monoisotopic (exact) mass is 288 g/mol. The van der Waals surface area contributed by atoms with E-state index in [0.29, 0.717) is 25.9 Å². The number of rotatable bonds is 7. The van der Waals surface area contributed by atoms with Crippen LogP contribution in [0.2, 0.25) is 0 Å². The standard InChI is InChI=1S/C12H20N2O6/c1-19-6-10(15)13-9-2-4-14(5-3-9)11(16)7-20-8-12(17)18/h9H,2-8H2,1H3,(H,13,15)(H,17,18). The molecule has 0 bridgehead atoms. The van der Waals surface area contributed by atoms with Gasteiger partial charge in [-0.2, -0.15) is 0 Å². The third-order valence-electron chi connectivity index (χ3n) is 2.94. The first kappa shape index (κ1) is 16.4. The highest BCUT2D eigenvalue weighted by atomic mass is 16.5. The van der Waals surface area contributed by atoms with Gasteiger partial charge < -0.3 is 24.8 Å². The number of aliphatic carboxylic acids is 1. The van der Waals surface area contributed by atoms with Crippen molar-refractivity contribution in [2.24, 2.45) is 0 Å². The molecule has 20 heavy (non-hydrogen) atoms. The van der Waals surface area contributed by atoms with Gasteiger partial charge in [-0.3, -0.25) is 9.59 Å². The van der Waals surface area contributed by atoms with Crippen molar-refractivity contribution >= 4 is 17.8 Å². The molecule has 0 unspecified atom stereocenters. The van der Waals surface area contributed by atoms with E-state index in [1.165, 1.54) is 7.11 Å². The van der Waals surface area contributed by atoms with Gasteiger partial charge in [-0.1, -0.05) is 0 Å². The molecule has 114 valence electrons. The van der Waals surface area contributed by atoms with Crippen LogP contribution in [-0.4, -0.2) is 73.9 Å². The number of ether oxygens (including phenoxy) is 2. The number of methoxy groups -OCH3 is 1. The summed E-state index contributed by atoms with van der Waals surface area (Å²) in [5.74, 6) is -1.49. The predicted octanol–water partition coefficient (Wildman–Crippen LogP) is -1.16. The second kappa shape index (κ2) is 8.49. The number of amides is 2. The Morgan fingerprint density at radius 1 is 1.20 bits per heavy atom. The van der Waals surface area contributed by atoms with Crippen molar-refractivity contribution in [3.63, 3.8) is 0 Å². The summed E-state index contributed by atoms with van der Waals surface area (Å²) in [5, 5.41) is 11.2. The van der Waals surface area contributed by atoms with Gasteiger partial charge in [0.25, 0.3) is 0 Å². The molecule has 1 heterocycles. The van der Waals surface area contributed by atoms with E-state index in [-0.39, 0.29) is 31.1 Å². The number of piperidine rings is 1. The lowest BCUT2D eigenvalue weighted by molar-refractivity contribution is -0.146. The lowest BCUT2D eigenvalue weighted by atomic mass is 10.1. The van der Waals surface area contributed by atoms with E-state index in [2.05, 4.69) is 5.32 Å². The maximum atomic E-state index is 11.7. The largest absolute Gasteiger partial charge is 0.480 e. The summed E-state index contributed by atoms with van der Waals surface area (Å²) in [6.45, 7) is 0.366. The van der Waals surface area contributed by atoms with Gasteiger partial charge in [0.2, 0.25) is 11.8 Å². The molecule has 1 aliphatic rings. The molecule has 0 atom stereocenters. The second-order valence-electron chi connectivity index (χ2n) is 4.54. The van der Waals surface area contributed by atoms with E-state index < -0.39 is 12.6 Å². The van der Waals surface area contributed by atoms with Crippen LogP contribution in [0.3, 0.4) is 0 Å². The van der Waals surface area contributed by atoms with Crippen LogP contribution < -0.4 is 5.32 Å². The number of likely N-dealkylation sites (tertiary alicyclic amines) is 1. The number of nitrogens with zero attached hydrogens (tertiary/aromatic N) is 1. The Bertz CT molecular complexity index is 352. The average molecular weight is 288 g/mol. The Morgan fingerprint density at radius 3 is 2.40 bits per heavy atom. The fourth-order valence-corrected chi connectivity index (χ4v) is 1.99. The third kappa shape index (κ3) is 5.98. The van der Waals surface area contributed by atoms with Crippen LogP contribution in [0.1, 0.15) is 12.8 Å². The Morgan fingerprint density at radius 2 is 1.85 bits per heavy atom. The first-order chi connectivity index (χ1) is 9.52. The molecular weight excluding hydrogens is 268 g/mol. The zero-order valence-electron chi connectivity index (χ0n) is 11.5. The van der Waals surface area contributed by atoms with Crippen LogP contribution in [0.15, 0.2) is 0 Å². The van der Waals surface area contributed by atoms with Gasteiger partial charge >= 0.3 is 5.97 Å². The fourth-order valence-electron chi connectivity index (χ4n) is 1.99. The van der Waals surface area contributed by atoms with Gasteiger partial charge in [0.1, 0.15) is 19.8 Å². The van der Waals surface area contributed by atoms with Crippen LogP contribution >= 0.6 is 0 Å². The van der Waals surface area contributed by atoms with Crippen LogP contribution in [0, 0.1) is 0 Å². The second-order valence-corrected chi connectivity index (χ2v) is 4.54. The van der Waals surface area contributed by atoms with Gasteiger partial charge in [-0.25, -0.2) is 4.79 Å². The molecule has 0 saturated carbocycles. The summed E-state index contributed by atoms with van der Waals surface area (Å²) in [5.41, 5.74) is 0. The Kier molecular flexibility index (Phi) is 6.96. The minimum absolute atomic E-state index is 0.0299. The summed E-state index contributed by atoms with van der Waals surface area (Å²) in [6, 6.07) is 0.0432. The van der Waals surface area contributed by atoms with Gasteiger partial charge in [0.05, 0.1) is 0 Å². The summed E-state index contributed by atoms with van der Waals surface area (Å²) < 4.78 is 9.48. The predicted molar refractivity (Wildman–Crippen MR) is 68.1 cm³/mol. The highest BCUT2D eigenvalue weighted by Gasteiger charge is 2.23. The van der Waals surface area contributed by atoms with E-state index in [1.54, 1.807) is 4.90 Å². The molecule has 0 spiro atoms. The normalized spacial score (nSPS) is 15.9. The average Bonchev–Trinajstić information content (AvgIpc) is 2.39. The lowest BCUT2D eigenvalue weighted by Gasteiger charge is -2.32. The van der Waals surface area contributed by atoms with Crippen molar-refractivity contribution in [3.8, 4) is 0 Å². The number of nitrogens with one attached hydrogen (secondary N) is 1. The summed E-state index contributed by atoms with van der Waals surface area (Å²) >= 11 is 0. The molecule has 0 aromatic heterocycles. The molecule has 0 aliphatic carbocycles. The Balaban J connectivity index is 2.22. The molecule has 2 amide bonds. The highest BCUT2D eigenvalue weighted by molar-refractivity contribution is 5.78. The van der Waals surface area contributed by atoms with Gasteiger partial charge in [-0.15, -0.1) is 0 Å². The number of hydrogen-bond donors (Lipinski definition) is 2. The van der Waals surface area contributed by atoms with Crippen molar-refractivity contribution < 1.29 is 29.0 Å². The van der Waals surface area contributed by atoms with E-state index >= 15 is 0 Å². The first-order valence-electron chi connectivity index (χ1n) is 6.38. The fraction of sp³-hybridized carbons (Fsp3) is 0.750. The van der Waals surface area contributed by atoms with Crippen LogP contribution in [0.4, 0.5) is 0 Å². The van der Waals surface area contributed by atoms with Crippen molar-refractivity contribution in [1.82, 2.24) is 10.2 Å². The third-order valence-corrected chi connectivity index (χ3v) is 2.94. The van der Waals surface area contributed by atoms with Crippen molar-refractivity contribution in [3.05, 3.63) is 0 Å². The molecule has 0 radical (unpaired) electrons. The Hall–Kier alpha value is -1.67. The van der Waals surface area contributed by atoms with Crippen molar-refractivity contribution in [2.75, 3.05) is 40.0 Å². The van der Waals surface area contributed by atoms with E-state index in [1.807, 2.05) is 0 Å². The zero-order chi connectivity index (χ0) is 15.0. The number of carboxylic acid groups (broad SMARTS) is 1. The van der Waals surface area contributed by atoms with Crippen molar-refractivity contribution in [2.45, 2.75) is 18.9 Å². The molecule has 2 N–H and O–H groups in total. The summed E-state index contributed by atoms with van der Waals surface area (Å²) in [4.78, 5) is 34.9. The topological polar surface area (TPSA) is 105 Å². The van der Waals surface area contributed by atoms with Gasteiger partial charge in [0.15, 0.2) is 0 Å². The molecule has 1 fully saturated rings. The maximum Gasteiger partial charge on any atom is 0.329 e. The lowest BCUT2D eigenvalue weighted by Crippen LogP contribution is -2.48. The van der Waals surface area contributed by atoms with Gasteiger partial charge in [0, 0.05) is 26.2 Å². The van der Waals surface area contributed by atoms with Crippen molar-refractivity contribution in [1.29, 1.82) is 0 Å². The van der Waals surface area contributed by atoms with Crippen LogP contribution in [0.25, 0.3) is 0 Å². The number of carbonyl (C=O) groups is 3. The molecule has 0 aromatic rings. The van der Waals surface area contributed by atoms with E-state index in [0.717, 1.165) is 0 Å². The minimum Gasteiger partial charge on any atom is -0.480 e. The molecule has 1 rings (SSSR count). The number of carbonyl (C=O) groups excluding carboxylic acids is 2. The van der Waals surface area contributed by atoms with Crippen LogP contribution in [0.5, 0.6) is 0 Å². The molecule has 1 saturated heterocycles. The number of hydrogen-bond acceptors (Lipinski definition) is 5. The SMILES string of the molecule is COCC(=O)NC1CCN(C(=O)COCC(=O)O)CC1. The molecule has 0 aromatic carbocycles. The highest BCUT2D eigenvalue weighted by Crippen LogP contribution is 2.10. The molecule has 8 nitrogen and oxygen atoms in total. The van der Waals surface area contributed by atoms with Gasteiger partial charge in [-0.05, 0) is 12.8 Å². The van der Waals surface area contributed by atoms with Crippen LogP contribution in [-0.2, 0) is 23.9 Å². The Labute approximate surface area is 117 Å². The van der Waals surface area contributed by atoms with E-state index in [9.17, 15) is 14.4 Å². The molecule has 1 aliphatic heterocycles. The molecule has 8 heteroatoms. The smallest absolute Gasteiger partial charge is 0.329 e. The first-order valence-corrected chi connectivity index (χ1v) is 6.38. The quantitative estimate of drug-likeness (QED) is 0.612. The summed E-state index contributed by atoms with van der Waals surface area (Å²) in [7, 11) is 1.46. The summed E-state index contributed by atoms with van der Waals surface area (Å²) in [6.07, 6.45) is 1.33. The maximum absolute atomic E-state index is 11.7. The minimum atomic E-state index is -1.10.